The Morgan fingerprint density at radius 3 is 1.02 bits per heavy atom. The minimum Gasteiger partial charge on any atom is -0.443 e. The fraction of sp³-hybridized carbons (Fsp3) is 0.700. The second kappa shape index (κ2) is 25.6. The minimum absolute atomic E-state index is 0.0284. The van der Waals surface area contributed by atoms with Crippen LogP contribution in [0.1, 0.15) is 191 Å². The zero-order valence-corrected chi connectivity index (χ0v) is 61.8. The first kappa shape index (κ1) is 77.8. The van der Waals surface area contributed by atoms with E-state index in [4.69, 9.17) is 46.9 Å². The molecule has 0 spiro atoms. The Morgan fingerprint density at radius 2 is 0.739 bits per heavy atom. The van der Waals surface area contributed by atoms with Gasteiger partial charge in [0, 0.05) is 29.7 Å². The number of hydrogen-bond acceptors (Lipinski definition) is 20. The van der Waals surface area contributed by atoms with E-state index in [1.807, 2.05) is 83.1 Å². The number of benzene rings is 2. The van der Waals surface area contributed by atoms with Crippen LogP contribution in [0.15, 0.2) is 50.9 Å². The van der Waals surface area contributed by atoms with Crippen molar-refractivity contribution in [3.8, 4) is 0 Å². The van der Waals surface area contributed by atoms with Crippen molar-refractivity contribution in [3.05, 3.63) is 63.6 Å². The van der Waals surface area contributed by atoms with Gasteiger partial charge in [0.05, 0.1) is 45.1 Å². The summed E-state index contributed by atoms with van der Waals surface area (Å²) in [6.45, 7) is 45.6. The Morgan fingerprint density at radius 1 is 0.478 bits per heavy atom. The number of imide groups is 2. The summed E-state index contributed by atoms with van der Waals surface area (Å²) in [5.74, 6) is -3.83. The number of sulfonamides is 2. The average molecular weight is 1400 g/mol. The highest BCUT2D eigenvalue weighted by Gasteiger charge is 2.64. The molecular formula is C60H94B3BrF2N6O18S2. The number of carbonyl (C=O) groups is 4. The van der Waals surface area contributed by atoms with Crippen molar-refractivity contribution in [2.24, 2.45) is 9.98 Å². The molecule has 0 unspecified atom stereocenters. The van der Waals surface area contributed by atoms with E-state index in [0.717, 1.165) is 14.1 Å². The highest BCUT2D eigenvalue weighted by Crippen LogP contribution is 2.44. The fourth-order valence-corrected chi connectivity index (χ4v) is 12.5. The Kier molecular flexibility index (Phi) is 21.6. The molecule has 2 atom stereocenters. The molecule has 5 heterocycles. The smallest absolute Gasteiger partial charge is 0.443 e. The molecule has 0 saturated carbocycles. The van der Waals surface area contributed by atoms with Gasteiger partial charge >= 0.3 is 45.5 Å². The van der Waals surface area contributed by atoms with E-state index in [-0.39, 0.29) is 33.5 Å². The number of guanidine groups is 2. The van der Waals surface area contributed by atoms with Crippen LogP contribution in [0.25, 0.3) is 0 Å². The Hall–Kier alpha value is -4.95. The summed E-state index contributed by atoms with van der Waals surface area (Å²) in [6, 6.07) is 8.15. The van der Waals surface area contributed by atoms with Crippen LogP contribution in [0, 0.1) is 11.6 Å². The lowest BCUT2D eigenvalue weighted by atomic mass is 9.49. The number of ether oxygens (including phenoxy) is 4. The molecule has 7 rings (SSSR count). The summed E-state index contributed by atoms with van der Waals surface area (Å²) in [4.78, 5) is 62.4. The summed E-state index contributed by atoms with van der Waals surface area (Å²) in [5, 5.41) is 0. The quantitative estimate of drug-likeness (QED) is 0.203. The van der Waals surface area contributed by atoms with Crippen molar-refractivity contribution in [3.63, 3.8) is 0 Å². The Labute approximate surface area is 552 Å². The van der Waals surface area contributed by atoms with Gasteiger partial charge in [0.2, 0.25) is 32.0 Å². The summed E-state index contributed by atoms with van der Waals surface area (Å²) in [5.41, 5.74) is -9.98. The Bertz CT molecular complexity index is 3340. The Balaban J connectivity index is 0.000000268. The van der Waals surface area contributed by atoms with E-state index in [0.29, 0.717) is 28.3 Å². The van der Waals surface area contributed by atoms with E-state index in [1.54, 1.807) is 83.1 Å². The lowest BCUT2D eigenvalue weighted by molar-refractivity contribution is 0.00578. The molecule has 4 amide bonds. The van der Waals surface area contributed by atoms with Gasteiger partial charge in [-0.2, -0.15) is 0 Å². The highest BCUT2D eigenvalue weighted by molar-refractivity contribution is 9.10. The largest absolute Gasteiger partial charge is 0.494 e. The van der Waals surface area contributed by atoms with Gasteiger partial charge in [-0.3, -0.25) is 0 Å². The lowest BCUT2D eigenvalue weighted by Gasteiger charge is -2.39. The number of halogens is 3. The molecule has 24 nitrogen and oxygen atoms in total. The highest BCUT2D eigenvalue weighted by atomic mass is 79.9. The minimum atomic E-state index is -4.24. The van der Waals surface area contributed by atoms with Crippen LogP contribution < -0.4 is 5.46 Å². The molecule has 0 radical (unpaired) electrons. The second-order valence-corrected chi connectivity index (χ2v) is 35.5. The number of hydrogen-bond donors (Lipinski definition) is 0. The number of nitrogens with zero attached hydrogens (tertiary/aromatic N) is 6. The topological polar surface area (TPSA) is 267 Å². The maximum Gasteiger partial charge on any atom is 0.494 e. The van der Waals surface area contributed by atoms with Crippen molar-refractivity contribution >= 4 is 98.9 Å². The van der Waals surface area contributed by atoms with Gasteiger partial charge in [0.1, 0.15) is 45.1 Å². The van der Waals surface area contributed by atoms with E-state index >= 15 is 4.39 Å². The zero-order valence-electron chi connectivity index (χ0n) is 58.6. The van der Waals surface area contributed by atoms with Gasteiger partial charge in [0.25, 0.3) is 0 Å². The van der Waals surface area contributed by atoms with Gasteiger partial charge in [-0.1, -0.05) is 28.1 Å². The van der Waals surface area contributed by atoms with Gasteiger partial charge in [-0.25, -0.2) is 63.4 Å². The molecule has 0 aromatic heterocycles. The fourth-order valence-electron chi connectivity index (χ4n) is 9.15. The normalized spacial score (nSPS) is 24.2. The lowest BCUT2D eigenvalue weighted by Crippen LogP contribution is -2.58. The molecule has 3 saturated heterocycles. The predicted molar refractivity (Wildman–Crippen MR) is 350 cm³/mol. The van der Waals surface area contributed by atoms with Crippen molar-refractivity contribution in [2.45, 2.75) is 247 Å². The third-order valence-corrected chi connectivity index (χ3v) is 20.4. The molecule has 5 aliphatic heterocycles. The van der Waals surface area contributed by atoms with Crippen LogP contribution >= 0.6 is 15.9 Å². The number of carbonyl (C=O) groups excluding carboxylic acids is 4. The van der Waals surface area contributed by atoms with Crippen molar-refractivity contribution in [1.82, 2.24) is 18.4 Å². The van der Waals surface area contributed by atoms with E-state index < -0.39 is 145 Å². The number of amides is 4. The maximum absolute atomic E-state index is 15.5. The molecule has 514 valence electrons. The van der Waals surface area contributed by atoms with Gasteiger partial charge < -0.3 is 46.9 Å². The molecule has 0 aliphatic carbocycles. The van der Waals surface area contributed by atoms with Crippen molar-refractivity contribution < 1.29 is 91.7 Å². The molecule has 32 heteroatoms. The van der Waals surface area contributed by atoms with Gasteiger partial charge in [0.15, 0.2) is 0 Å². The molecule has 3 fully saturated rings. The molecule has 2 aromatic carbocycles. The first-order valence-corrected chi connectivity index (χ1v) is 33.9. The van der Waals surface area contributed by atoms with E-state index in [1.165, 1.54) is 50.2 Å². The third-order valence-electron chi connectivity index (χ3n) is 16.1. The number of aliphatic imine (C=N–C) groups is 2. The molecule has 0 N–H and O–H groups in total. The van der Waals surface area contributed by atoms with Crippen molar-refractivity contribution in [2.75, 3.05) is 25.6 Å². The summed E-state index contributed by atoms with van der Waals surface area (Å²) >= 11 is 3.25. The molecule has 5 aliphatic rings. The summed E-state index contributed by atoms with van der Waals surface area (Å²) in [6.07, 6.45) is -4.78. The molecule has 0 bridgehead atoms. The van der Waals surface area contributed by atoms with Crippen LogP contribution in [0.5, 0.6) is 0 Å². The molecular weight excluding hydrogens is 1310 g/mol. The standard InChI is InChI=1S/C27H41BFN3O8S.C21H29BrFN3O6S.C12H24B2O4/c1-23(2,3)37-21(33)32(22(34)38-24(4,5)6)20-30-27(11,16-41(35,36)31(20)12)18-15-17(13-14-19(18)29)28-39-25(7,8)26(9,10)40-28;1-19(2,3)31-17(27)26(18(28)32-20(4,5)6)16-24-21(7,12-33(29,30)25(16)8)14-11-13(22)9-10-15(14)23;1-9(2)10(3,4)16-13(15-9)14-17-11(5,6)12(7,8)18-14/h13-15H,16H2,1-12H3;9-11H,12H2,1-8H3;1-8H3/t27-;21-;/m00./s1. The SMILES string of the molecule is CC1(C)OB(B2OC(C)(C)C(C)(C)O2)OC1(C)C.CN1C(N(C(=O)OC(C)(C)C)C(=O)OC(C)(C)C)=N[C@](C)(c2cc(B3OC(C)(C)C(C)(C)O3)ccc2F)CS1(=O)=O.CN1C(N(C(=O)OC(C)(C)C)C(=O)OC(C)(C)C)=N[C@](C)(c2cc(Br)ccc2F)CS1(=O)=O. The predicted octanol–water partition coefficient (Wildman–Crippen LogP) is 11.0. The van der Waals surface area contributed by atoms with Crippen LogP contribution in [0.3, 0.4) is 0 Å². The van der Waals surface area contributed by atoms with E-state index in [9.17, 15) is 40.4 Å². The van der Waals surface area contributed by atoms with Crippen LogP contribution in [0.4, 0.5) is 28.0 Å². The summed E-state index contributed by atoms with van der Waals surface area (Å²) < 4.78 is 143. The zero-order chi connectivity index (χ0) is 71.1. The van der Waals surface area contributed by atoms with Crippen LogP contribution in [0.2, 0.25) is 0 Å². The second-order valence-electron chi connectivity index (χ2n) is 30.6. The molecule has 2 aromatic rings. The molecule has 92 heavy (non-hydrogen) atoms. The van der Waals surface area contributed by atoms with Crippen molar-refractivity contribution in [1.29, 1.82) is 0 Å². The average Bonchev–Trinajstić information content (AvgIpc) is 0.790. The summed E-state index contributed by atoms with van der Waals surface area (Å²) in [7, 11) is -7.88. The van der Waals surface area contributed by atoms with Crippen LogP contribution in [-0.2, 0) is 78.0 Å². The maximum atomic E-state index is 15.5. The first-order chi connectivity index (χ1) is 40.9. The van der Waals surface area contributed by atoms with Crippen LogP contribution in [-0.4, -0.2) is 174 Å². The van der Waals surface area contributed by atoms with Gasteiger partial charge in [-0.15, -0.1) is 9.80 Å². The third kappa shape index (κ3) is 17.7. The first-order valence-electron chi connectivity index (χ1n) is 29.9. The monoisotopic (exact) mass is 1400 g/mol. The van der Waals surface area contributed by atoms with Gasteiger partial charge in [-0.05, 0) is 210 Å². The number of rotatable bonds is 4. The van der Waals surface area contributed by atoms with E-state index in [2.05, 4.69) is 25.9 Å².